The number of hydrogen-bond donors (Lipinski definition) is 0. The maximum absolute atomic E-state index is 2.55. The van der Waals surface area contributed by atoms with Gasteiger partial charge in [-0.05, 0) is 24.3 Å². The van der Waals surface area contributed by atoms with Crippen LogP contribution in [0.15, 0.2) is 48.5 Å². The molecular formula is C20H32N2Si2. The van der Waals surface area contributed by atoms with Gasteiger partial charge >= 0.3 is 0 Å². The Morgan fingerprint density at radius 1 is 0.500 bits per heavy atom. The fourth-order valence-electron chi connectivity index (χ4n) is 3.07. The van der Waals surface area contributed by atoms with Gasteiger partial charge in [0, 0.05) is 39.6 Å². The third kappa shape index (κ3) is 3.45. The third-order valence-electron chi connectivity index (χ3n) is 5.77. The van der Waals surface area contributed by atoms with Crippen molar-refractivity contribution in [3.8, 4) is 0 Å². The third-order valence-corrected chi connectivity index (χ3v) is 23.6. The van der Waals surface area contributed by atoms with Gasteiger partial charge in [0.25, 0.3) is 0 Å². The van der Waals surface area contributed by atoms with Crippen LogP contribution < -0.4 is 20.2 Å². The van der Waals surface area contributed by atoms with E-state index in [0.717, 1.165) is 0 Å². The van der Waals surface area contributed by atoms with Crippen LogP contribution in [-0.2, 0) is 0 Å². The van der Waals surface area contributed by atoms with Gasteiger partial charge in [-0.15, -0.1) is 0 Å². The molecule has 2 nitrogen and oxygen atoms in total. The molecule has 0 bridgehead atoms. The summed E-state index contributed by atoms with van der Waals surface area (Å²) in [6, 6.07) is 18.5. The summed E-state index contributed by atoms with van der Waals surface area (Å²) in [5.74, 6) is 0. The van der Waals surface area contributed by atoms with E-state index in [0.29, 0.717) is 0 Å². The van der Waals surface area contributed by atoms with Crippen molar-refractivity contribution in [3.63, 3.8) is 0 Å². The Bertz CT molecular complexity index is 610. The van der Waals surface area contributed by atoms with Gasteiger partial charge < -0.3 is 9.80 Å². The molecule has 0 aliphatic rings. The highest BCUT2D eigenvalue weighted by molar-refractivity contribution is 7.49. The van der Waals surface area contributed by atoms with Gasteiger partial charge in [-0.2, -0.15) is 0 Å². The molecular weight excluding hydrogens is 324 g/mol. The van der Waals surface area contributed by atoms with E-state index < -0.39 is 15.2 Å². The SMILES string of the molecule is CN(C)c1ccc([Si](C)(C)[Si](C)(C)c2ccc(N(C)C)cc2)cc1. The van der Waals surface area contributed by atoms with E-state index in [1.807, 2.05) is 0 Å². The van der Waals surface area contributed by atoms with Crippen molar-refractivity contribution in [1.82, 2.24) is 0 Å². The van der Waals surface area contributed by atoms with Gasteiger partial charge in [0.1, 0.15) is 0 Å². The van der Waals surface area contributed by atoms with Crippen molar-refractivity contribution in [2.45, 2.75) is 26.2 Å². The lowest BCUT2D eigenvalue weighted by molar-refractivity contribution is 1.13. The number of anilines is 2. The molecule has 0 saturated heterocycles. The molecule has 0 aliphatic carbocycles. The van der Waals surface area contributed by atoms with Crippen molar-refractivity contribution in [2.75, 3.05) is 38.0 Å². The Morgan fingerprint density at radius 2 is 0.750 bits per heavy atom. The molecule has 0 radical (unpaired) electrons. The van der Waals surface area contributed by atoms with Crippen LogP contribution in [0, 0.1) is 0 Å². The smallest absolute Gasteiger partial charge is 0.0791 e. The van der Waals surface area contributed by atoms with E-state index in [-0.39, 0.29) is 0 Å². The molecule has 0 N–H and O–H groups in total. The van der Waals surface area contributed by atoms with E-state index in [1.54, 1.807) is 10.4 Å². The molecule has 2 rings (SSSR count). The molecule has 0 fully saturated rings. The summed E-state index contributed by atoms with van der Waals surface area (Å²) < 4.78 is 0. The molecule has 130 valence electrons. The Balaban J connectivity index is 2.37. The number of nitrogens with zero attached hydrogens (tertiary/aromatic N) is 2. The molecule has 2 aromatic carbocycles. The fraction of sp³-hybridized carbons (Fsp3) is 0.400. The number of hydrogen-bond acceptors (Lipinski definition) is 2. The highest BCUT2D eigenvalue weighted by Gasteiger charge is 2.43. The van der Waals surface area contributed by atoms with Gasteiger partial charge in [0.05, 0.1) is 15.2 Å². The lowest BCUT2D eigenvalue weighted by atomic mass is 10.3. The monoisotopic (exact) mass is 356 g/mol. The minimum atomic E-state index is -1.54. The first-order valence-electron chi connectivity index (χ1n) is 8.63. The number of benzene rings is 2. The minimum Gasteiger partial charge on any atom is -0.378 e. The van der Waals surface area contributed by atoms with Gasteiger partial charge in [-0.3, -0.25) is 0 Å². The molecule has 0 spiro atoms. The van der Waals surface area contributed by atoms with Crippen LogP contribution in [-0.4, -0.2) is 43.4 Å². The maximum Gasteiger partial charge on any atom is 0.0791 e. The average Bonchev–Trinajstić information content (AvgIpc) is 2.54. The molecule has 0 heterocycles. The first kappa shape index (κ1) is 18.8. The molecule has 4 heteroatoms. The quantitative estimate of drug-likeness (QED) is 0.757. The molecule has 2 aromatic rings. The lowest BCUT2D eigenvalue weighted by Crippen LogP contribution is -2.69. The Hall–Kier alpha value is -1.53. The van der Waals surface area contributed by atoms with E-state index in [9.17, 15) is 0 Å². The van der Waals surface area contributed by atoms with Gasteiger partial charge in [-0.25, -0.2) is 0 Å². The first-order chi connectivity index (χ1) is 11.1. The molecule has 0 atom stereocenters. The summed E-state index contributed by atoms with van der Waals surface area (Å²) in [6.07, 6.45) is 0. The largest absolute Gasteiger partial charge is 0.378 e. The van der Waals surface area contributed by atoms with Crippen molar-refractivity contribution in [1.29, 1.82) is 0 Å². The number of rotatable bonds is 5. The van der Waals surface area contributed by atoms with E-state index >= 15 is 0 Å². The summed E-state index contributed by atoms with van der Waals surface area (Å²) >= 11 is 0. The van der Waals surface area contributed by atoms with Crippen LogP contribution in [0.3, 0.4) is 0 Å². The van der Waals surface area contributed by atoms with E-state index in [1.165, 1.54) is 11.4 Å². The summed E-state index contributed by atoms with van der Waals surface area (Å²) in [4.78, 5) is 4.34. The second-order valence-corrected chi connectivity index (χ2v) is 23.3. The summed E-state index contributed by atoms with van der Waals surface area (Å²) in [5.41, 5.74) is 2.55. The fourth-order valence-corrected chi connectivity index (χ4v) is 11.8. The zero-order valence-electron chi connectivity index (χ0n) is 16.5. The lowest BCUT2D eigenvalue weighted by Gasteiger charge is -2.39. The van der Waals surface area contributed by atoms with Gasteiger partial charge in [-0.1, -0.05) is 60.8 Å². The normalized spacial score (nSPS) is 12.2. The molecule has 0 amide bonds. The average molecular weight is 357 g/mol. The summed E-state index contributed by atoms with van der Waals surface area (Å²) in [7, 11) is 5.31. The molecule has 0 aromatic heterocycles. The predicted molar refractivity (Wildman–Crippen MR) is 116 cm³/mol. The van der Waals surface area contributed by atoms with Crippen LogP contribution >= 0.6 is 0 Å². The van der Waals surface area contributed by atoms with Gasteiger partial charge in [0.15, 0.2) is 0 Å². The topological polar surface area (TPSA) is 6.48 Å². The standard InChI is InChI=1S/C20H32N2Si2/c1-21(2)17-9-13-19(14-10-17)23(5,6)24(7,8)20-15-11-18(12-16-20)22(3)4/h9-16H,1-8H3. The Labute approximate surface area is 149 Å². The Morgan fingerprint density at radius 3 is 0.958 bits per heavy atom. The van der Waals surface area contributed by atoms with Crippen LogP contribution in [0.4, 0.5) is 11.4 Å². The highest BCUT2D eigenvalue weighted by Crippen LogP contribution is 2.22. The zero-order valence-corrected chi connectivity index (χ0v) is 18.5. The minimum absolute atomic E-state index is 1.28. The molecule has 0 unspecified atom stereocenters. The summed E-state index contributed by atoms with van der Waals surface area (Å²) in [6.45, 7) is 10.2. The second-order valence-electron chi connectivity index (χ2n) is 8.13. The van der Waals surface area contributed by atoms with Crippen LogP contribution in [0.2, 0.25) is 26.2 Å². The van der Waals surface area contributed by atoms with Crippen molar-refractivity contribution in [2.24, 2.45) is 0 Å². The zero-order chi connectivity index (χ0) is 18.1. The molecule has 0 aliphatic heterocycles. The highest BCUT2D eigenvalue weighted by atomic mass is 29.3. The van der Waals surface area contributed by atoms with E-state index in [4.69, 9.17) is 0 Å². The van der Waals surface area contributed by atoms with Crippen molar-refractivity contribution >= 4 is 36.9 Å². The Kier molecular flexibility index (Phi) is 5.30. The van der Waals surface area contributed by atoms with Crippen LogP contribution in [0.5, 0.6) is 0 Å². The second kappa shape index (κ2) is 6.77. The first-order valence-corrected chi connectivity index (χ1v) is 15.6. The van der Waals surface area contributed by atoms with Crippen LogP contribution in [0.1, 0.15) is 0 Å². The van der Waals surface area contributed by atoms with Crippen molar-refractivity contribution in [3.05, 3.63) is 48.5 Å². The summed E-state index contributed by atoms with van der Waals surface area (Å²) in [5, 5.41) is 3.14. The van der Waals surface area contributed by atoms with Gasteiger partial charge in [0.2, 0.25) is 0 Å². The van der Waals surface area contributed by atoms with Crippen LogP contribution in [0.25, 0.3) is 0 Å². The van der Waals surface area contributed by atoms with Crippen molar-refractivity contribution < 1.29 is 0 Å². The van der Waals surface area contributed by atoms with E-state index in [2.05, 4.69) is 113 Å². The molecule has 24 heavy (non-hydrogen) atoms. The molecule has 0 saturated carbocycles. The predicted octanol–water partition coefficient (Wildman–Crippen LogP) is 3.43. The maximum atomic E-state index is 2.55.